The van der Waals surface area contributed by atoms with Gasteiger partial charge in [-0.3, -0.25) is 9.59 Å². The Bertz CT molecular complexity index is 521. The normalized spacial score (nSPS) is 27.1. The van der Waals surface area contributed by atoms with Gasteiger partial charge in [0.2, 0.25) is 5.91 Å². The van der Waals surface area contributed by atoms with E-state index >= 15 is 0 Å². The lowest BCUT2D eigenvalue weighted by atomic mass is 9.93. The molecule has 1 atom stereocenters. The van der Waals surface area contributed by atoms with Crippen molar-refractivity contribution in [2.45, 2.75) is 45.1 Å². The molecule has 0 radical (unpaired) electrons. The summed E-state index contributed by atoms with van der Waals surface area (Å²) in [7, 11) is 0. The van der Waals surface area contributed by atoms with Gasteiger partial charge in [-0.2, -0.15) is 0 Å². The molecule has 3 rings (SSSR count). The van der Waals surface area contributed by atoms with Crippen molar-refractivity contribution in [2.75, 3.05) is 13.1 Å². The zero-order chi connectivity index (χ0) is 14.3. The van der Waals surface area contributed by atoms with E-state index in [1.807, 2.05) is 0 Å². The van der Waals surface area contributed by atoms with Crippen LogP contribution in [0.2, 0.25) is 0 Å². The molecule has 1 unspecified atom stereocenters. The fourth-order valence-corrected chi connectivity index (χ4v) is 3.31. The minimum atomic E-state index is -0.558. The highest BCUT2D eigenvalue weighted by Gasteiger charge is 2.39. The Labute approximate surface area is 118 Å². The Morgan fingerprint density at radius 3 is 2.90 bits per heavy atom. The van der Waals surface area contributed by atoms with Crippen LogP contribution in [0.5, 0.6) is 0 Å². The molecule has 1 aliphatic carbocycles. The van der Waals surface area contributed by atoms with Crippen molar-refractivity contribution in [1.82, 2.24) is 9.96 Å². The monoisotopic (exact) mass is 275 g/mol. The summed E-state index contributed by atoms with van der Waals surface area (Å²) in [6.45, 7) is 2.86. The molecule has 108 valence electrons. The fraction of sp³-hybridized carbons (Fsp3) is 0.600. The molecule has 0 saturated carbocycles. The van der Waals surface area contributed by atoms with Gasteiger partial charge < -0.3 is 15.2 Å². The summed E-state index contributed by atoms with van der Waals surface area (Å²) in [4.78, 5) is 26.0. The van der Waals surface area contributed by atoms with E-state index in [2.05, 4.69) is 13.0 Å². The number of piperidine rings is 1. The summed E-state index contributed by atoms with van der Waals surface area (Å²) < 4.78 is 0. The number of amides is 2. The molecule has 20 heavy (non-hydrogen) atoms. The highest BCUT2D eigenvalue weighted by molar-refractivity contribution is 6.01. The molecular weight excluding hydrogens is 256 g/mol. The zero-order valence-electron chi connectivity index (χ0n) is 11.7. The van der Waals surface area contributed by atoms with Gasteiger partial charge in [0.15, 0.2) is 0 Å². The number of allylic oxidation sites excluding steroid dienone is 1. The van der Waals surface area contributed by atoms with Crippen LogP contribution in [0.25, 0.3) is 0 Å². The number of hydroxylamine groups is 2. The average molecular weight is 275 g/mol. The van der Waals surface area contributed by atoms with Crippen LogP contribution in [0.15, 0.2) is 22.8 Å². The Morgan fingerprint density at radius 1 is 1.35 bits per heavy atom. The number of hydrogen-bond acceptors (Lipinski definition) is 3. The van der Waals surface area contributed by atoms with E-state index in [0.717, 1.165) is 30.4 Å². The van der Waals surface area contributed by atoms with Crippen LogP contribution >= 0.6 is 0 Å². The Hall–Kier alpha value is -1.62. The van der Waals surface area contributed by atoms with E-state index in [1.54, 1.807) is 4.90 Å². The molecule has 5 heteroatoms. The van der Waals surface area contributed by atoms with Gasteiger partial charge in [0.1, 0.15) is 6.04 Å². The van der Waals surface area contributed by atoms with E-state index in [4.69, 9.17) is 0 Å². The van der Waals surface area contributed by atoms with E-state index in [-0.39, 0.29) is 12.5 Å². The molecule has 2 amide bonds. The van der Waals surface area contributed by atoms with Crippen molar-refractivity contribution in [3.63, 3.8) is 0 Å². The van der Waals surface area contributed by atoms with Crippen molar-refractivity contribution < 1.29 is 9.59 Å². The SMILES string of the molecule is CCC1=CC2=C(CC1)C(=O)N(C1CCCN([O-])C1=O)C2. The van der Waals surface area contributed by atoms with Gasteiger partial charge in [0, 0.05) is 18.7 Å². The average Bonchev–Trinajstić information content (AvgIpc) is 2.78. The molecule has 2 aliphatic heterocycles. The second-order valence-corrected chi connectivity index (χ2v) is 5.69. The quantitative estimate of drug-likeness (QED) is 0.771. The van der Waals surface area contributed by atoms with Crippen molar-refractivity contribution in [3.8, 4) is 0 Å². The van der Waals surface area contributed by atoms with Crippen LogP contribution in [0, 0.1) is 5.21 Å². The lowest BCUT2D eigenvalue weighted by Crippen LogP contribution is -2.51. The summed E-state index contributed by atoms with van der Waals surface area (Å²) in [5, 5.41) is 12.0. The molecular formula is C15H19N2O3-. The molecule has 2 heterocycles. The van der Waals surface area contributed by atoms with Crippen molar-refractivity contribution in [2.24, 2.45) is 0 Å². The van der Waals surface area contributed by atoms with Crippen LogP contribution in [0.1, 0.15) is 39.0 Å². The molecule has 0 N–H and O–H groups in total. The summed E-state index contributed by atoms with van der Waals surface area (Å²) in [6, 6.07) is -0.558. The van der Waals surface area contributed by atoms with Crippen LogP contribution < -0.4 is 0 Å². The van der Waals surface area contributed by atoms with Gasteiger partial charge in [-0.15, -0.1) is 0 Å². The predicted molar refractivity (Wildman–Crippen MR) is 74.4 cm³/mol. The first-order valence-electron chi connectivity index (χ1n) is 7.32. The number of carbonyl (C=O) groups excluding carboxylic acids is 2. The smallest absolute Gasteiger partial charge is 0.251 e. The zero-order valence-corrected chi connectivity index (χ0v) is 11.7. The van der Waals surface area contributed by atoms with Crippen molar-refractivity contribution in [3.05, 3.63) is 28.0 Å². The highest BCUT2D eigenvalue weighted by Crippen LogP contribution is 2.34. The standard InChI is InChI=1S/C15H19N2O3/c1-2-10-5-6-12-11(8-10)9-16(14(12)18)13-4-3-7-17(20)15(13)19/h8,13H,2-7,9H2,1H3/q-1. The van der Waals surface area contributed by atoms with Gasteiger partial charge in [0.05, 0.1) is 0 Å². The van der Waals surface area contributed by atoms with E-state index in [0.29, 0.717) is 24.4 Å². The third-order valence-electron chi connectivity index (χ3n) is 4.52. The minimum Gasteiger partial charge on any atom is -0.756 e. The van der Waals surface area contributed by atoms with Crippen LogP contribution in [0.3, 0.4) is 0 Å². The summed E-state index contributed by atoms with van der Waals surface area (Å²) in [5.41, 5.74) is 3.26. The Morgan fingerprint density at radius 2 is 2.15 bits per heavy atom. The molecule has 0 bridgehead atoms. The maximum atomic E-state index is 12.5. The number of rotatable bonds is 2. The van der Waals surface area contributed by atoms with Gasteiger partial charge in [-0.25, -0.2) is 0 Å². The van der Waals surface area contributed by atoms with E-state index < -0.39 is 11.9 Å². The first kappa shape index (κ1) is 13.4. The number of carbonyl (C=O) groups is 2. The van der Waals surface area contributed by atoms with Crippen LogP contribution in [0.4, 0.5) is 0 Å². The molecule has 1 fully saturated rings. The van der Waals surface area contributed by atoms with E-state index in [9.17, 15) is 14.8 Å². The first-order valence-corrected chi connectivity index (χ1v) is 7.32. The van der Waals surface area contributed by atoms with Crippen LogP contribution in [-0.2, 0) is 9.59 Å². The predicted octanol–water partition coefficient (Wildman–Crippen LogP) is 1.74. The second kappa shape index (κ2) is 5.05. The molecule has 0 aromatic carbocycles. The third-order valence-corrected chi connectivity index (χ3v) is 4.52. The van der Waals surface area contributed by atoms with Gasteiger partial charge in [-0.1, -0.05) is 18.6 Å². The molecule has 3 aliphatic rings. The Balaban J connectivity index is 1.81. The fourth-order valence-electron chi connectivity index (χ4n) is 3.31. The van der Waals surface area contributed by atoms with Crippen molar-refractivity contribution in [1.29, 1.82) is 0 Å². The lowest BCUT2D eigenvalue weighted by molar-refractivity contribution is -0.143. The highest BCUT2D eigenvalue weighted by atomic mass is 16.5. The third kappa shape index (κ3) is 2.06. The molecule has 0 spiro atoms. The maximum absolute atomic E-state index is 12.5. The van der Waals surface area contributed by atoms with Crippen molar-refractivity contribution >= 4 is 11.8 Å². The molecule has 5 nitrogen and oxygen atoms in total. The maximum Gasteiger partial charge on any atom is 0.251 e. The topological polar surface area (TPSA) is 63.7 Å². The molecule has 1 saturated heterocycles. The minimum absolute atomic E-state index is 0.0416. The van der Waals surface area contributed by atoms with Crippen LogP contribution in [-0.4, -0.2) is 40.9 Å². The van der Waals surface area contributed by atoms with E-state index in [1.165, 1.54) is 5.57 Å². The lowest BCUT2D eigenvalue weighted by Gasteiger charge is -2.40. The van der Waals surface area contributed by atoms with Gasteiger partial charge in [-0.05, 0) is 37.7 Å². The summed E-state index contributed by atoms with van der Waals surface area (Å²) in [5.74, 6) is -0.496. The molecule has 0 aromatic heterocycles. The Kier molecular flexibility index (Phi) is 3.38. The summed E-state index contributed by atoms with van der Waals surface area (Å²) in [6.07, 6.45) is 6.09. The largest absolute Gasteiger partial charge is 0.756 e. The van der Waals surface area contributed by atoms with Gasteiger partial charge >= 0.3 is 0 Å². The first-order chi connectivity index (χ1) is 9.61. The second-order valence-electron chi connectivity index (χ2n) is 5.69. The number of hydrogen-bond donors (Lipinski definition) is 0. The summed E-state index contributed by atoms with van der Waals surface area (Å²) >= 11 is 0. The van der Waals surface area contributed by atoms with Gasteiger partial charge in [0.25, 0.3) is 5.91 Å². The molecule has 0 aromatic rings. The number of nitrogens with zero attached hydrogens (tertiary/aromatic N) is 2.